The van der Waals surface area contributed by atoms with Crippen molar-refractivity contribution in [1.82, 2.24) is 14.2 Å². The number of hydrogen-bond donors (Lipinski definition) is 0. The summed E-state index contributed by atoms with van der Waals surface area (Å²) in [6.45, 7) is 1.90. The number of aryl methyl sites for hydroxylation is 1. The number of benzene rings is 1. The Bertz CT molecular complexity index is 886. The Morgan fingerprint density at radius 1 is 1.15 bits per heavy atom. The summed E-state index contributed by atoms with van der Waals surface area (Å²) in [5.41, 5.74) is 1.30. The zero-order chi connectivity index (χ0) is 14.3. The molecule has 0 aliphatic heterocycles. The van der Waals surface area contributed by atoms with E-state index < -0.39 is 10.0 Å². The van der Waals surface area contributed by atoms with Gasteiger partial charge in [0.1, 0.15) is 4.60 Å². The molecule has 2 aromatic heterocycles. The summed E-state index contributed by atoms with van der Waals surface area (Å²) >= 11 is 3.26. The molecule has 1 aromatic carbocycles. The lowest BCUT2D eigenvalue weighted by atomic mass is 10.2. The van der Waals surface area contributed by atoms with E-state index >= 15 is 0 Å². The van der Waals surface area contributed by atoms with Crippen molar-refractivity contribution in [3.8, 4) is 0 Å². The van der Waals surface area contributed by atoms with Gasteiger partial charge in [-0.15, -0.1) is 9.19 Å². The zero-order valence-electron chi connectivity index (χ0n) is 10.5. The number of rotatable bonds is 2. The first-order valence-corrected chi connectivity index (χ1v) is 8.05. The molecule has 0 radical (unpaired) electrons. The summed E-state index contributed by atoms with van der Waals surface area (Å²) in [4.78, 5) is 4.29. The van der Waals surface area contributed by atoms with E-state index in [0.717, 1.165) is 9.65 Å². The molecule has 0 N–H and O–H groups in total. The van der Waals surface area contributed by atoms with Gasteiger partial charge in [0, 0.05) is 6.20 Å². The minimum absolute atomic E-state index is 0.186. The van der Waals surface area contributed by atoms with Crippen LogP contribution in [0, 0.1) is 6.92 Å². The smallest absolute Gasteiger partial charge is 0.236 e. The molecule has 0 spiro atoms. The molecule has 5 nitrogen and oxygen atoms in total. The van der Waals surface area contributed by atoms with Crippen LogP contribution in [0.4, 0.5) is 0 Å². The van der Waals surface area contributed by atoms with Gasteiger partial charge in [0.05, 0.1) is 10.3 Å². The van der Waals surface area contributed by atoms with Gasteiger partial charge < -0.3 is 0 Å². The fraction of sp³-hybridized carbons (Fsp3) is 0.0769. The predicted octanol–water partition coefficient (Wildman–Crippen LogP) is 2.74. The summed E-state index contributed by atoms with van der Waals surface area (Å²) in [5.74, 6) is 0. The second-order valence-electron chi connectivity index (χ2n) is 4.33. The van der Waals surface area contributed by atoms with Crippen LogP contribution in [0.15, 0.2) is 52.1 Å². The highest BCUT2D eigenvalue weighted by molar-refractivity contribution is 9.10. The van der Waals surface area contributed by atoms with Gasteiger partial charge in [-0.25, -0.2) is 4.98 Å². The lowest BCUT2D eigenvalue weighted by Crippen LogP contribution is -2.15. The summed E-state index contributed by atoms with van der Waals surface area (Å²) in [7, 11) is -3.75. The zero-order valence-corrected chi connectivity index (χ0v) is 12.9. The Morgan fingerprint density at radius 3 is 2.55 bits per heavy atom. The van der Waals surface area contributed by atoms with Gasteiger partial charge >= 0.3 is 0 Å². The van der Waals surface area contributed by atoms with E-state index in [1.807, 2.05) is 6.92 Å². The van der Waals surface area contributed by atoms with E-state index in [4.69, 9.17) is 0 Å². The SMILES string of the molecule is Cc1ccc(S(=O)(=O)n2nc(Br)c3cccnc32)cc1. The standard InChI is InChI=1S/C13H10BrN3O2S/c1-9-4-6-10(7-5-9)20(18,19)17-13-11(12(14)16-17)3-2-8-15-13/h2-8H,1H3. The van der Waals surface area contributed by atoms with Gasteiger partial charge in [-0.05, 0) is 47.1 Å². The van der Waals surface area contributed by atoms with Crippen LogP contribution in [0.5, 0.6) is 0 Å². The molecule has 0 amide bonds. The van der Waals surface area contributed by atoms with E-state index in [2.05, 4.69) is 26.0 Å². The average molecular weight is 352 g/mol. The van der Waals surface area contributed by atoms with Crippen LogP contribution < -0.4 is 0 Å². The van der Waals surface area contributed by atoms with Gasteiger partial charge in [-0.1, -0.05) is 17.7 Å². The molecule has 0 fully saturated rings. The molecule has 0 atom stereocenters. The van der Waals surface area contributed by atoms with Crippen molar-refractivity contribution in [2.45, 2.75) is 11.8 Å². The fourth-order valence-corrected chi connectivity index (χ4v) is 3.68. The number of pyridine rings is 1. The highest BCUT2D eigenvalue weighted by atomic mass is 79.9. The highest BCUT2D eigenvalue weighted by Crippen LogP contribution is 2.25. The number of nitrogens with zero attached hydrogens (tertiary/aromatic N) is 3. The molecule has 0 saturated carbocycles. The van der Waals surface area contributed by atoms with Crippen molar-refractivity contribution in [3.05, 3.63) is 52.8 Å². The molecule has 7 heteroatoms. The summed E-state index contributed by atoms with van der Waals surface area (Å²) < 4.78 is 26.6. The maximum absolute atomic E-state index is 12.6. The normalized spacial score (nSPS) is 11.9. The first-order valence-electron chi connectivity index (χ1n) is 5.81. The van der Waals surface area contributed by atoms with E-state index in [1.165, 1.54) is 6.20 Å². The molecule has 0 aliphatic rings. The van der Waals surface area contributed by atoms with E-state index in [0.29, 0.717) is 15.6 Å². The maximum atomic E-state index is 12.6. The van der Waals surface area contributed by atoms with Crippen molar-refractivity contribution in [3.63, 3.8) is 0 Å². The predicted molar refractivity (Wildman–Crippen MR) is 79.0 cm³/mol. The summed E-state index contributed by atoms with van der Waals surface area (Å²) in [6.07, 6.45) is 1.54. The van der Waals surface area contributed by atoms with Crippen molar-refractivity contribution in [2.75, 3.05) is 0 Å². The second-order valence-corrected chi connectivity index (χ2v) is 6.84. The first kappa shape index (κ1) is 13.3. The van der Waals surface area contributed by atoms with Crippen LogP contribution in [0.25, 0.3) is 11.0 Å². The van der Waals surface area contributed by atoms with Gasteiger partial charge in [-0.2, -0.15) is 8.42 Å². The molecule has 2 heterocycles. The van der Waals surface area contributed by atoms with Gasteiger partial charge in [0.25, 0.3) is 10.0 Å². The topological polar surface area (TPSA) is 64.8 Å². The number of fused-ring (bicyclic) bond motifs is 1. The van der Waals surface area contributed by atoms with E-state index in [-0.39, 0.29) is 4.90 Å². The van der Waals surface area contributed by atoms with E-state index in [1.54, 1.807) is 36.4 Å². The molecular weight excluding hydrogens is 342 g/mol. The van der Waals surface area contributed by atoms with Crippen molar-refractivity contribution < 1.29 is 8.42 Å². The van der Waals surface area contributed by atoms with Crippen molar-refractivity contribution in [1.29, 1.82) is 0 Å². The Kier molecular flexibility index (Phi) is 3.10. The lowest BCUT2D eigenvalue weighted by molar-refractivity contribution is 0.581. The monoisotopic (exact) mass is 351 g/mol. The van der Waals surface area contributed by atoms with Crippen LogP contribution in [0.3, 0.4) is 0 Å². The Labute approximate surface area is 124 Å². The van der Waals surface area contributed by atoms with Gasteiger partial charge in [0.15, 0.2) is 5.65 Å². The molecule has 0 saturated heterocycles. The number of aromatic nitrogens is 3. The lowest BCUT2D eigenvalue weighted by Gasteiger charge is -2.05. The molecule has 3 rings (SSSR count). The quantitative estimate of drug-likeness (QED) is 0.711. The van der Waals surface area contributed by atoms with Crippen molar-refractivity contribution in [2.24, 2.45) is 0 Å². The fourth-order valence-electron chi connectivity index (χ4n) is 1.87. The molecule has 20 heavy (non-hydrogen) atoms. The Hall–Kier alpha value is -1.73. The summed E-state index contributed by atoms with van der Waals surface area (Å²) in [5, 5.41) is 4.70. The largest absolute Gasteiger partial charge is 0.284 e. The average Bonchev–Trinajstić information content (AvgIpc) is 2.78. The number of halogens is 1. The molecular formula is C13H10BrN3O2S. The Balaban J connectivity index is 2.27. The minimum Gasteiger partial charge on any atom is -0.236 e. The molecule has 0 aliphatic carbocycles. The minimum atomic E-state index is -3.75. The van der Waals surface area contributed by atoms with Gasteiger partial charge in [0.2, 0.25) is 0 Å². The van der Waals surface area contributed by atoms with Crippen LogP contribution in [-0.2, 0) is 10.0 Å². The van der Waals surface area contributed by atoms with Crippen LogP contribution >= 0.6 is 15.9 Å². The molecule has 3 aromatic rings. The molecule has 102 valence electrons. The van der Waals surface area contributed by atoms with Crippen molar-refractivity contribution >= 4 is 37.0 Å². The third-order valence-electron chi connectivity index (χ3n) is 2.92. The summed E-state index contributed by atoms with van der Waals surface area (Å²) in [6, 6.07) is 10.1. The van der Waals surface area contributed by atoms with Crippen LogP contribution in [0.1, 0.15) is 5.56 Å². The maximum Gasteiger partial charge on any atom is 0.284 e. The third kappa shape index (κ3) is 2.03. The van der Waals surface area contributed by atoms with E-state index in [9.17, 15) is 8.42 Å². The van der Waals surface area contributed by atoms with Crippen LogP contribution in [0.2, 0.25) is 0 Å². The van der Waals surface area contributed by atoms with Gasteiger partial charge in [-0.3, -0.25) is 0 Å². The highest BCUT2D eigenvalue weighted by Gasteiger charge is 2.22. The molecule has 0 unspecified atom stereocenters. The second kappa shape index (κ2) is 4.68. The number of hydrogen-bond acceptors (Lipinski definition) is 4. The third-order valence-corrected chi connectivity index (χ3v) is 5.08. The first-order chi connectivity index (χ1) is 9.50. The molecule has 0 bridgehead atoms. The Morgan fingerprint density at radius 2 is 1.85 bits per heavy atom. The van der Waals surface area contributed by atoms with Crippen LogP contribution in [-0.4, -0.2) is 22.6 Å².